The molecule has 2 aliphatic heterocycles. The maximum atomic E-state index is 12.8. The Bertz CT molecular complexity index is 1020. The van der Waals surface area contributed by atoms with Gasteiger partial charge in [-0.2, -0.15) is 0 Å². The number of hydrogen-bond donors (Lipinski definition) is 1. The van der Waals surface area contributed by atoms with E-state index in [1.54, 1.807) is 14.2 Å². The molecular formula is C28H39NO7. The average molecular weight is 502 g/mol. The van der Waals surface area contributed by atoms with Gasteiger partial charge in [-0.25, -0.2) is 0 Å². The summed E-state index contributed by atoms with van der Waals surface area (Å²) in [5, 5.41) is 12.8. The third kappa shape index (κ3) is 2.91. The van der Waals surface area contributed by atoms with E-state index in [0.717, 1.165) is 44.0 Å². The quantitative estimate of drug-likeness (QED) is 0.345. The van der Waals surface area contributed by atoms with Crippen molar-refractivity contribution < 1.29 is 33.5 Å². The fourth-order valence-electron chi connectivity index (χ4n) is 8.82. The first-order valence-corrected chi connectivity index (χ1v) is 13.7. The molecule has 0 amide bonds. The number of aliphatic hydroxyl groups is 1. The lowest BCUT2D eigenvalue weighted by molar-refractivity contribution is -0.301. The van der Waals surface area contributed by atoms with Gasteiger partial charge in [0.1, 0.15) is 11.7 Å². The van der Waals surface area contributed by atoms with Crippen LogP contribution in [0.15, 0.2) is 12.1 Å². The standard InChI is InChI=1S/C28H39NO7/c1-31-8-10-33-17-35-20-7-6-19-12-22-28(30)26(16-29(22)14-18-4-3-5-18)13-21(34-11-9-32-2)25-27(28,15-26)23(19)24(20)36-25/h6-7,18,21-22,25,30H,3-5,8-17H2,1-2H3/t21?,22?,25?,26?,27-,28-/m0/s1. The first-order chi connectivity index (χ1) is 17.6. The first-order valence-electron chi connectivity index (χ1n) is 13.7. The van der Waals surface area contributed by atoms with Crippen LogP contribution in [0.3, 0.4) is 0 Å². The summed E-state index contributed by atoms with van der Waals surface area (Å²) in [5.74, 6) is 2.25. The lowest BCUT2D eigenvalue weighted by atomic mass is 9.32. The minimum absolute atomic E-state index is 0.0809. The van der Waals surface area contributed by atoms with E-state index < -0.39 is 11.0 Å². The maximum Gasteiger partial charge on any atom is 0.189 e. The van der Waals surface area contributed by atoms with Crippen molar-refractivity contribution in [2.24, 2.45) is 11.3 Å². The highest BCUT2D eigenvalue weighted by Crippen LogP contribution is 2.80. The summed E-state index contributed by atoms with van der Waals surface area (Å²) in [5.41, 5.74) is 1.09. The van der Waals surface area contributed by atoms with Gasteiger partial charge in [0.05, 0.1) is 37.9 Å². The normalized spacial score (nSPS) is 39.4. The number of rotatable bonds is 12. The molecule has 1 N–H and O–H groups in total. The zero-order chi connectivity index (χ0) is 24.5. The van der Waals surface area contributed by atoms with Gasteiger partial charge in [-0.05, 0) is 49.7 Å². The third-order valence-corrected chi connectivity index (χ3v) is 10.3. The third-order valence-electron chi connectivity index (χ3n) is 10.3. The number of hydrogen-bond acceptors (Lipinski definition) is 8. The Labute approximate surface area is 213 Å². The molecule has 1 saturated heterocycles. The summed E-state index contributed by atoms with van der Waals surface area (Å²) in [6.07, 6.45) is 6.34. The van der Waals surface area contributed by atoms with Gasteiger partial charge in [0.2, 0.25) is 0 Å². The molecule has 6 atom stereocenters. The predicted molar refractivity (Wildman–Crippen MR) is 130 cm³/mol. The molecular weight excluding hydrogens is 462 g/mol. The van der Waals surface area contributed by atoms with Crippen molar-refractivity contribution in [3.05, 3.63) is 23.3 Å². The molecule has 4 unspecified atom stereocenters. The molecule has 5 fully saturated rings. The van der Waals surface area contributed by atoms with Crippen LogP contribution in [0, 0.1) is 11.3 Å². The Morgan fingerprint density at radius 1 is 1.11 bits per heavy atom. The van der Waals surface area contributed by atoms with Gasteiger partial charge in [0, 0.05) is 44.3 Å². The van der Waals surface area contributed by atoms with Crippen LogP contribution < -0.4 is 9.47 Å². The first kappa shape index (κ1) is 23.7. The van der Waals surface area contributed by atoms with Crippen molar-refractivity contribution in [1.82, 2.24) is 4.90 Å². The predicted octanol–water partition coefficient (Wildman–Crippen LogP) is 2.28. The fraction of sp³-hybridized carbons (Fsp3) is 0.786. The van der Waals surface area contributed by atoms with E-state index in [0.29, 0.717) is 32.2 Å². The van der Waals surface area contributed by atoms with Gasteiger partial charge in [-0.3, -0.25) is 4.90 Å². The number of ether oxygens (including phenoxy) is 6. The average Bonchev–Trinajstić information content (AvgIpc) is 3.32. The maximum absolute atomic E-state index is 12.8. The number of nitrogens with zero attached hydrogens (tertiary/aromatic N) is 1. The van der Waals surface area contributed by atoms with Gasteiger partial charge in [-0.15, -0.1) is 0 Å². The Morgan fingerprint density at radius 3 is 2.72 bits per heavy atom. The van der Waals surface area contributed by atoms with Crippen LogP contribution in [0.5, 0.6) is 11.5 Å². The molecule has 8 heteroatoms. The lowest BCUT2D eigenvalue weighted by Gasteiger charge is -2.73. The van der Waals surface area contributed by atoms with Crippen LogP contribution in [0.4, 0.5) is 0 Å². The molecule has 1 aromatic carbocycles. The van der Waals surface area contributed by atoms with Crippen molar-refractivity contribution in [2.75, 3.05) is 60.5 Å². The minimum atomic E-state index is -0.790. The SMILES string of the molecule is COCCOCOc1ccc2c3c1OC1C(OCCOC)CC45CN(CC6CCC6)C(C2)[C@@]4(O)[C@@]31C5. The summed E-state index contributed by atoms with van der Waals surface area (Å²) in [6.45, 7) is 4.28. The molecule has 8 rings (SSSR count). The van der Waals surface area contributed by atoms with Gasteiger partial charge in [0.25, 0.3) is 0 Å². The molecule has 5 aliphatic carbocycles. The highest BCUT2D eigenvalue weighted by atomic mass is 16.7. The summed E-state index contributed by atoms with van der Waals surface area (Å²) in [7, 11) is 3.35. The second-order valence-corrected chi connectivity index (χ2v) is 11.9. The monoisotopic (exact) mass is 501 g/mol. The summed E-state index contributed by atoms with van der Waals surface area (Å²) in [6, 6.07) is 4.35. The molecule has 198 valence electrons. The van der Waals surface area contributed by atoms with E-state index in [9.17, 15) is 5.11 Å². The fourth-order valence-corrected chi connectivity index (χ4v) is 8.82. The second-order valence-electron chi connectivity index (χ2n) is 11.9. The van der Waals surface area contributed by atoms with Crippen LogP contribution in [0.1, 0.15) is 43.2 Å². The Morgan fingerprint density at radius 2 is 1.94 bits per heavy atom. The van der Waals surface area contributed by atoms with Crippen LogP contribution in [0.2, 0.25) is 0 Å². The van der Waals surface area contributed by atoms with E-state index in [1.165, 1.54) is 30.4 Å². The van der Waals surface area contributed by atoms with Crippen LogP contribution >= 0.6 is 0 Å². The molecule has 7 aliphatic rings. The summed E-state index contributed by atoms with van der Waals surface area (Å²) < 4.78 is 35.2. The molecule has 8 nitrogen and oxygen atoms in total. The van der Waals surface area contributed by atoms with E-state index in [-0.39, 0.29) is 30.5 Å². The Balaban J connectivity index is 1.25. The summed E-state index contributed by atoms with van der Waals surface area (Å²) in [4.78, 5) is 2.64. The number of benzene rings is 1. The Hall–Kier alpha value is -1.42. The van der Waals surface area contributed by atoms with Gasteiger partial charge in [-0.1, -0.05) is 12.5 Å². The van der Waals surface area contributed by atoms with Crippen molar-refractivity contribution in [3.63, 3.8) is 0 Å². The number of fused-ring (bicyclic) bond motifs is 1. The Kier molecular flexibility index (Phi) is 5.62. The van der Waals surface area contributed by atoms with Crippen molar-refractivity contribution in [2.45, 2.75) is 67.8 Å². The molecule has 0 radical (unpaired) electrons. The van der Waals surface area contributed by atoms with Gasteiger partial charge >= 0.3 is 0 Å². The van der Waals surface area contributed by atoms with E-state index in [4.69, 9.17) is 28.4 Å². The number of likely N-dealkylation sites (tertiary alicyclic amines) is 1. The lowest BCUT2D eigenvalue weighted by Crippen LogP contribution is -2.85. The second kappa shape index (κ2) is 8.55. The molecule has 1 aromatic rings. The largest absolute Gasteiger partial charge is 0.482 e. The zero-order valence-electron chi connectivity index (χ0n) is 21.5. The van der Waals surface area contributed by atoms with E-state index in [2.05, 4.69) is 11.0 Å². The van der Waals surface area contributed by atoms with Crippen molar-refractivity contribution in [1.29, 1.82) is 0 Å². The number of methoxy groups -OCH3 is 2. The molecule has 2 bridgehead atoms. The topological polar surface area (TPSA) is 78.9 Å². The molecule has 4 saturated carbocycles. The van der Waals surface area contributed by atoms with Gasteiger partial charge < -0.3 is 33.5 Å². The zero-order valence-corrected chi connectivity index (χ0v) is 21.5. The summed E-state index contributed by atoms with van der Waals surface area (Å²) >= 11 is 0. The van der Waals surface area contributed by atoms with Gasteiger partial charge in [0.15, 0.2) is 18.3 Å². The molecule has 36 heavy (non-hydrogen) atoms. The highest BCUT2D eigenvalue weighted by molar-refractivity contribution is 5.66. The van der Waals surface area contributed by atoms with E-state index >= 15 is 0 Å². The molecule has 2 spiro atoms. The minimum Gasteiger partial charge on any atom is -0.482 e. The van der Waals surface area contributed by atoms with Crippen LogP contribution in [0.25, 0.3) is 0 Å². The van der Waals surface area contributed by atoms with E-state index in [1.807, 2.05) is 6.07 Å². The van der Waals surface area contributed by atoms with Crippen LogP contribution in [-0.2, 0) is 30.8 Å². The molecule has 2 heterocycles. The molecule has 0 aromatic heterocycles. The van der Waals surface area contributed by atoms with Crippen molar-refractivity contribution in [3.8, 4) is 11.5 Å². The van der Waals surface area contributed by atoms with Crippen LogP contribution in [-0.4, -0.2) is 94.4 Å². The highest BCUT2D eigenvalue weighted by Gasteiger charge is 2.89. The smallest absolute Gasteiger partial charge is 0.189 e. The van der Waals surface area contributed by atoms with Crippen molar-refractivity contribution >= 4 is 0 Å².